The molecule has 21 heavy (non-hydrogen) atoms. The molecule has 6 heteroatoms. The second-order valence-corrected chi connectivity index (χ2v) is 4.83. The summed E-state index contributed by atoms with van der Waals surface area (Å²) in [6, 6.07) is 3.55. The zero-order chi connectivity index (χ0) is 15.8. The maximum atomic E-state index is 12.1. The van der Waals surface area contributed by atoms with E-state index in [1.807, 2.05) is 27.8 Å². The van der Waals surface area contributed by atoms with Crippen molar-refractivity contribution in [3.05, 3.63) is 12.1 Å². The molecule has 0 atom stereocenters. The highest BCUT2D eigenvalue weighted by molar-refractivity contribution is 5.81. The van der Waals surface area contributed by atoms with Gasteiger partial charge in [0.2, 0.25) is 11.8 Å². The molecule has 0 fully saturated rings. The number of nitrogens with zero attached hydrogens (tertiary/aromatic N) is 3. The first-order valence-electron chi connectivity index (χ1n) is 7.41. The SMILES string of the molecule is CCCOc1nc(N(C)CC(=O)N(CC)CC)ccc1N. The van der Waals surface area contributed by atoms with Crippen LogP contribution in [0.25, 0.3) is 0 Å². The Labute approximate surface area is 126 Å². The standard InChI is InChI=1S/C15H26N4O2/c1-5-10-21-15-12(16)8-9-13(17-15)18(4)11-14(20)19(6-2)7-3/h8-9H,5-7,10-11,16H2,1-4H3. The molecule has 0 unspecified atom stereocenters. The number of amides is 1. The Morgan fingerprint density at radius 1 is 1.29 bits per heavy atom. The molecular formula is C15H26N4O2. The number of ether oxygens (including phenoxy) is 1. The lowest BCUT2D eigenvalue weighted by molar-refractivity contribution is -0.129. The van der Waals surface area contributed by atoms with Crippen LogP contribution < -0.4 is 15.4 Å². The van der Waals surface area contributed by atoms with Crippen LogP contribution in [0.4, 0.5) is 11.5 Å². The number of nitrogen functional groups attached to an aromatic ring is 1. The zero-order valence-corrected chi connectivity index (χ0v) is 13.4. The summed E-state index contributed by atoms with van der Waals surface area (Å²) in [6.07, 6.45) is 0.891. The quantitative estimate of drug-likeness (QED) is 0.791. The van der Waals surface area contributed by atoms with Crippen LogP contribution in [0.5, 0.6) is 5.88 Å². The normalized spacial score (nSPS) is 10.3. The summed E-state index contributed by atoms with van der Waals surface area (Å²) in [5, 5.41) is 0. The van der Waals surface area contributed by atoms with E-state index in [0.29, 0.717) is 37.1 Å². The molecule has 0 spiro atoms. The van der Waals surface area contributed by atoms with Crippen LogP contribution in [0.15, 0.2) is 12.1 Å². The van der Waals surface area contributed by atoms with Crippen molar-refractivity contribution in [2.45, 2.75) is 27.2 Å². The van der Waals surface area contributed by atoms with E-state index in [-0.39, 0.29) is 12.5 Å². The van der Waals surface area contributed by atoms with Crippen LogP contribution in [-0.4, -0.2) is 49.1 Å². The van der Waals surface area contributed by atoms with E-state index in [0.717, 1.165) is 6.42 Å². The molecule has 0 radical (unpaired) electrons. The van der Waals surface area contributed by atoms with Gasteiger partial charge in [0.05, 0.1) is 18.8 Å². The van der Waals surface area contributed by atoms with Crippen LogP contribution in [-0.2, 0) is 4.79 Å². The van der Waals surface area contributed by atoms with Gasteiger partial charge in [-0.05, 0) is 32.4 Å². The summed E-state index contributed by atoms with van der Waals surface area (Å²) in [5.74, 6) is 1.18. The molecule has 1 amide bonds. The Morgan fingerprint density at radius 3 is 2.52 bits per heavy atom. The Kier molecular flexibility index (Phi) is 6.78. The smallest absolute Gasteiger partial charge is 0.242 e. The average molecular weight is 294 g/mol. The molecule has 0 aliphatic heterocycles. The second kappa shape index (κ2) is 8.34. The third-order valence-electron chi connectivity index (χ3n) is 3.20. The first-order valence-corrected chi connectivity index (χ1v) is 7.41. The van der Waals surface area contributed by atoms with E-state index in [1.165, 1.54) is 0 Å². The molecule has 1 heterocycles. The fraction of sp³-hybridized carbons (Fsp3) is 0.600. The predicted molar refractivity (Wildman–Crippen MR) is 85.6 cm³/mol. The van der Waals surface area contributed by atoms with Crippen molar-refractivity contribution in [3.8, 4) is 5.88 Å². The van der Waals surface area contributed by atoms with Gasteiger partial charge in [-0.3, -0.25) is 4.79 Å². The van der Waals surface area contributed by atoms with Gasteiger partial charge in [-0.1, -0.05) is 6.92 Å². The third-order valence-corrected chi connectivity index (χ3v) is 3.20. The van der Waals surface area contributed by atoms with Gasteiger partial charge in [0.1, 0.15) is 5.82 Å². The van der Waals surface area contributed by atoms with Crippen LogP contribution in [0.1, 0.15) is 27.2 Å². The van der Waals surface area contributed by atoms with Gasteiger partial charge >= 0.3 is 0 Å². The first kappa shape index (κ1) is 17.1. The van der Waals surface area contributed by atoms with Gasteiger partial charge in [-0.25, -0.2) is 0 Å². The van der Waals surface area contributed by atoms with E-state index in [2.05, 4.69) is 4.98 Å². The Hall–Kier alpha value is -1.98. The maximum absolute atomic E-state index is 12.1. The largest absolute Gasteiger partial charge is 0.476 e. The van der Waals surface area contributed by atoms with E-state index in [1.54, 1.807) is 21.9 Å². The number of hydrogen-bond donors (Lipinski definition) is 1. The van der Waals surface area contributed by atoms with E-state index < -0.39 is 0 Å². The lowest BCUT2D eigenvalue weighted by Crippen LogP contribution is -2.39. The third kappa shape index (κ3) is 4.81. The van der Waals surface area contributed by atoms with Gasteiger partial charge in [0.25, 0.3) is 0 Å². The molecule has 1 rings (SSSR count). The van der Waals surface area contributed by atoms with Crippen molar-refractivity contribution in [1.82, 2.24) is 9.88 Å². The number of anilines is 2. The highest BCUT2D eigenvalue weighted by Crippen LogP contribution is 2.22. The number of carbonyl (C=O) groups is 1. The van der Waals surface area contributed by atoms with E-state index >= 15 is 0 Å². The first-order chi connectivity index (χ1) is 10.0. The summed E-state index contributed by atoms with van der Waals surface area (Å²) in [4.78, 5) is 20.1. The number of pyridine rings is 1. The highest BCUT2D eigenvalue weighted by Gasteiger charge is 2.14. The van der Waals surface area contributed by atoms with Gasteiger partial charge < -0.3 is 20.3 Å². The number of likely N-dealkylation sites (N-methyl/N-ethyl adjacent to an activating group) is 2. The van der Waals surface area contributed by atoms with E-state index in [4.69, 9.17) is 10.5 Å². The fourth-order valence-corrected chi connectivity index (χ4v) is 1.93. The monoisotopic (exact) mass is 294 g/mol. The summed E-state index contributed by atoms with van der Waals surface area (Å²) in [7, 11) is 1.84. The minimum Gasteiger partial charge on any atom is -0.476 e. The topological polar surface area (TPSA) is 71.7 Å². The van der Waals surface area contributed by atoms with Crippen molar-refractivity contribution >= 4 is 17.4 Å². The maximum Gasteiger partial charge on any atom is 0.242 e. The molecule has 0 aliphatic carbocycles. The molecule has 6 nitrogen and oxygen atoms in total. The number of rotatable bonds is 8. The molecule has 0 aromatic carbocycles. The van der Waals surface area contributed by atoms with E-state index in [9.17, 15) is 4.79 Å². The molecule has 1 aromatic rings. The number of aromatic nitrogens is 1. The Bertz CT molecular complexity index is 461. The van der Waals surface area contributed by atoms with Crippen LogP contribution in [0, 0.1) is 0 Å². The minimum absolute atomic E-state index is 0.0807. The lowest BCUT2D eigenvalue weighted by atomic mass is 10.3. The fourth-order valence-electron chi connectivity index (χ4n) is 1.93. The highest BCUT2D eigenvalue weighted by atomic mass is 16.5. The van der Waals surface area contributed by atoms with Crippen LogP contribution in [0.3, 0.4) is 0 Å². The summed E-state index contributed by atoms with van der Waals surface area (Å²) in [6.45, 7) is 8.25. The molecule has 0 saturated carbocycles. The molecular weight excluding hydrogens is 268 g/mol. The molecule has 0 saturated heterocycles. The predicted octanol–water partition coefficient (Wildman–Crippen LogP) is 1.76. The Morgan fingerprint density at radius 2 is 1.95 bits per heavy atom. The Balaban J connectivity index is 2.77. The summed E-state index contributed by atoms with van der Waals surface area (Å²) < 4.78 is 5.51. The molecule has 1 aromatic heterocycles. The molecule has 118 valence electrons. The minimum atomic E-state index is 0.0807. The van der Waals surface area contributed by atoms with Crippen molar-refractivity contribution in [2.24, 2.45) is 0 Å². The van der Waals surface area contributed by atoms with Crippen LogP contribution in [0.2, 0.25) is 0 Å². The zero-order valence-electron chi connectivity index (χ0n) is 13.4. The van der Waals surface area contributed by atoms with Gasteiger partial charge in [0.15, 0.2) is 0 Å². The molecule has 0 bridgehead atoms. The number of hydrogen-bond acceptors (Lipinski definition) is 5. The molecule has 0 aliphatic rings. The average Bonchev–Trinajstić information content (AvgIpc) is 2.47. The molecule has 2 N–H and O–H groups in total. The number of nitrogens with two attached hydrogens (primary N) is 1. The van der Waals surface area contributed by atoms with Crippen molar-refractivity contribution in [3.63, 3.8) is 0 Å². The van der Waals surface area contributed by atoms with Crippen molar-refractivity contribution in [1.29, 1.82) is 0 Å². The summed E-state index contributed by atoms with van der Waals surface area (Å²) in [5.41, 5.74) is 6.35. The van der Waals surface area contributed by atoms with Crippen molar-refractivity contribution in [2.75, 3.05) is 43.9 Å². The summed E-state index contributed by atoms with van der Waals surface area (Å²) >= 11 is 0. The number of carbonyl (C=O) groups excluding carboxylic acids is 1. The van der Waals surface area contributed by atoms with Gasteiger partial charge in [-0.2, -0.15) is 4.98 Å². The van der Waals surface area contributed by atoms with Gasteiger partial charge in [-0.15, -0.1) is 0 Å². The lowest BCUT2D eigenvalue weighted by Gasteiger charge is -2.24. The van der Waals surface area contributed by atoms with Crippen LogP contribution >= 0.6 is 0 Å². The second-order valence-electron chi connectivity index (χ2n) is 4.83. The van der Waals surface area contributed by atoms with Gasteiger partial charge in [0, 0.05) is 20.1 Å². The van der Waals surface area contributed by atoms with Crippen molar-refractivity contribution < 1.29 is 9.53 Å².